The van der Waals surface area contributed by atoms with Gasteiger partial charge in [0.2, 0.25) is 11.8 Å². The van der Waals surface area contributed by atoms with E-state index in [-0.39, 0.29) is 29.1 Å². The van der Waals surface area contributed by atoms with Crippen molar-refractivity contribution in [2.75, 3.05) is 10.8 Å². The van der Waals surface area contributed by atoms with E-state index in [1.165, 1.54) is 23.1 Å². The molecule has 38 heavy (non-hydrogen) atoms. The lowest BCUT2D eigenvalue weighted by atomic mass is 10.1. The van der Waals surface area contributed by atoms with Crippen LogP contribution in [0.2, 0.25) is 10.0 Å². The molecule has 1 atom stereocenters. The van der Waals surface area contributed by atoms with Crippen LogP contribution in [0, 0.1) is 6.92 Å². The third-order valence-corrected chi connectivity index (χ3v) is 8.13. The molecule has 0 unspecified atom stereocenters. The van der Waals surface area contributed by atoms with Gasteiger partial charge in [-0.15, -0.1) is 0 Å². The van der Waals surface area contributed by atoms with Gasteiger partial charge in [0.05, 0.1) is 10.6 Å². The van der Waals surface area contributed by atoms with Crippen LogP contribution in [-0.4, -0.2) is 43.8 Å². The van der Waals surface area contributed by atoms with Gasteiger partial charge in [-0.1, -0.05) is 59.6 Å². The Balaban J connectivity index is 2.07. The summed E-state index contributed by atoms with van der Waals surface area (Å²) in [7, 11) is -4.16. The van der Waals surface area contributed by atoms with Crippen molar-refractivity contribution in [2.24, 2.45) is 0 Å². The molecule has 0 aromatic heterocycles. The van der Waals surface area contributed by atoms with E-state index in [0.29, 0.717) is 21.2 Å². The van der Waals surface area contributed by atoms with Crippen molar-refractivity contribution in [1.82, 2.24) is 10.2 Å². The van der Waals surface area contributed by atoms with Crippen LogP contribution in [0.5, 0.6) is 0 Å². The number of hydrogen-bond acceptors (Lipinski definition) is 4. The minimum absolute atomic E-state index is 0.0270. The van der Waals surface area contributed by atoms with Gasteiger partial charge in [0.25, 0.3) is 10.0 Å². The number of carbonyl (C=O) groups excluding carboxylic acids is 2. The smallest absolute Gasteiger partial charge is 0.264 e. The highest BCUT2D eigenvalue weighted by molar-refractivity contribution is 7.92. The van der Waals surface area contributed by atoms with Crippen LogP contribution in [0.3, 0.4) is 0 Å². The maximum Gasteiger partial charge on any atom is 0.264 e. The van der Waals surface area contributed by atoms with Gasteiger partial charge >= 0.3 is 0 Å². The third-order valence-electron chi connectivity index (χ3n) is 5.89. The van der Waals surface area contributed by atoms with Gasteiger partial charge < -0.3 is 10.2 Å². The minimum atomic E-state index is -4.16. The second-order valence-electron chi connectivity index (χ2n) is 9.25. The predicted molar refractivity (Wildman–Crippen MR) is 152 cm³/mol. The molecule has 1 N–H and O–H groups in total. The molecule has 0 saturated carbocycles. The summed E-state index contributed by atoms with van der Waals surface area (Å²) in [4.78, 5) is 28.2. The Morgan fingerprint density at radius 1 is 0.895 bits per heavy atom. The van der Waals surface area contributed by atoms with Crippen LogP contribution >= 0.6 is 23.2 Å². The standard InChI is InChI=1S/C28H31Cl2N3O4S/c1-19(2)31-28(35)21(4)32(17-22-9-8-10-23(29)15-22)27(34)18-33(26-16-24(30)14-13-20(26)3)38(36,37)25-11-6-5-7-12-25/h5-16,19,21H,17-18H2,1-4H3,(H,31,35)/t21-/m0/s1. The molecule has 202 valence electrons. The summed E-state index contributed by atoms with van der Waals surface area (Å²) in [6.07, 6.45) is 0. The van der Waals surface area contributed by atoms with Crippen LogP contribution in [0.25, 0.3) is 0 Å². The van der Waals surface area contributed by atoms with E-state index in [1.54, 1.807) is 68.4 Å². The number of aryl methyl sites for hydroxylation is 1. The monoisotopic (exact) mass is 575 g/mol. The zero-order valence-corrected chi connectivity index (χ0v) is 24.0. The van der Waals surface area contributed by atoms with Crippen molar-refractivity contribution in [3.8, 4) is 0 Å². The average molecular weight is 577 g/mol. The molecule has 2 amide bonds. The lowest BCUT2D eigenvalue weighted by molar-refractivity contribution is -0.139. The second-order valence-corrected chi connectivity index (χ2v) is 12.0. The summed E-state index contributed by atoms with van der Waals surface area (Å²) in [6, 6.07) is 18.7. The van der Waals surface area contributed by atoms with Crippen molar-refractivity contribution in [2.45, 2.75) is 51.2 Å². The number of hydrogen-bond donors (Lipinski definition) is 1. The Morgan fingerprint density at radius 3 is 2.18 bits per heavy atom. The molecule has 3 aromatic carbocycles. The van der Waals surface area contributed by atoms with Crippen LogP contribution in [-0.2, 0) is 26.2 Å². The zero-order valence-electron chi connectivity index (χ0n) is 21.7. The molecular weight excluding hydrogens is 545 g/mol. The lowest BCUT2D eigenvalue weighted by Crippen LogP contribution is -2.52. The van der Waals surface area contributed by atoms with E-state index < -0.39 is 28.5 Å². The van der Waals surface area contributed by atoms with Crippen molar-refractivity contribution >= 4 is 50.7 Å². The first-order valence-corrected chi connectivity index (χ1v) is 14.3. The number of amides is 2. The van der Waals surface area contributed by atoms with Crippen molar-refractivity contribution < 1.29 is 18.0 Å². The molecule has 7 nitrogen and oxygen atoms in total. The summed E-state index contributed by atoms with van der Waals surface area (Å²) in [5, 5.41) is 3.63. The molecule has 0 aliphatic rings. The molecule has 0 heterocycles. The van der Waals surface area contributed by atoms with E-state index in [4.69, 9.17) is 23.2 Å². The van der Waals surface area contributed by atoms with Gasteiger partial charge in [-0.25, -0.2) is 8.42 Å². The highest BCUT2D eigenvalue weighted by Gasteiger charge is 2.33. The molecule has 0 spiro atoms. The molecular formula is C28H31Cl2N3O4S. The summed E-state index contributed by atoms with van der Waals surface area (Å²) >= 11 is 12.4. The molecule has 3 aromatic rings. The quantitative estimate of drug-likeness (QED) is 0.348. The lowest BCUT2D eigenvalue weighted by Gasteiger charge is -2.32. The number of anilines is 1. The highest BCUT2D eigenvalue weighted by atomic mass is 35.5. The molecule has 0 bridgehead atoms. The van der Waals surface area contributed by atoms with Gasteiger partial charge in [-0.05, 0) is 75.2 Å². The fraction of sp³-hybridized carbons (Fsp3) is 0.286. The van der Waals surface area contributed by atoms with E-state index in [1.807, 2.05) is 13.8 Å². The van der Waals surface area contributed by atoms with Crippen LogP contribution in [0.1, 0.15) is 31.9 Å². The van der Waals surface area contributed by atoms with Crippen LogP contribution < -0.4 is 9.62 Å². The zero-order chi connectivity index (χ0) is 28.0. The minimum Gasteiger partial charge on any atom is -0.352 e. The molecule has 0 saturated heterocycles. The first kappa shape index (κ1) is 29.5. The van der Waals surface area contributed by atoms with Crippen LogP contribution in [0.4, 0.5) is 5.69 Å². The average Bonchev–Trinajstić information content (AvgIpc) is 2.87. The van der Waals surface area contributed by atoms with Crippen molar-refractivity contribution in [3.05, 3.63) is 94.0 Å². The first-order chi connectivity index (χ1) is 17.9. The summed E-state index contributed by atoms with van der Waals surface area (Å²) in [5.41, 5.74) is 1.59. The fourth-order valence-corrected chi connectivity index (χ4v) is 5.77. The fourth-order valence-electron chi connectivity index (χ4n) is 3.90. The maximum atomic E-state index is 13.9. The van der Waals surface area contributed by atoms with E-state index in [0.717, 1.165) is 4.31 Å². The normalized spacial score (nSPS) is 12.2. The Morgan fingerprint density at radius 2 is 1.55 bits per heavy atom. The Hall–Kier alpha value is -3.07. The summed E-state index contributed by atoms with van der Waals surface area (Å²) in [5.74, 6) is -0.915. The third kappa shape index (κ3) is 7.28. The van der Waals surface area contributed by atoms with Gasteiger partial charge in [0, 0.05) is 22.6 Å². The second kappa shape index (κ2) is 12.7. The number of nitrogens with one attached hydrogen (secondary N) is 1. The maximum absolute atomic E-state index is 13.9. The molecule has 3 rings (SSSR count). The predicted octanol–water partition coefficient (Wildman–Crippen LogP) is 5.44. The van der Waals surface area contributed by atoms with E-state index in [9.17, 15) is 18.0 Å². The largest absolute Gasteiger partial charge is 0.352 e. The number of sulfonamides is 1. The number of halogens is 2. The number of nitrogens with zero attached hydrogens (tertiary/aromatic N) is 2. The summed E-state index contributed by atoms with van der Waals surface area (Å²) < 4.78 is 28.7. The van der Waals surface area contributed by atoms with Gasteiger partial charge in [0.1, 0.15) is 12.6 Å². The van der Waals surface area contributed by atoms with Gasteiger partial charge in [0.15, 0.2) is 0 Å². The Labute approximate surface area is 234 Å². The topological polar surface area (TPSA) is 86.8 Å². The van der Waals surface area contributed by atoms with E-state index in [2.05, 4.69) is 5.32 Å². The molecule has 0 aliphatic carbocycles. The summed E-state index contributed by atoms with van der Waals surface area (Å²) in [6.45, 7) is 6.51. The number of rotatable bonds is 10. The van der Waals surface area contributed by atoms with Gasteiger partial charge in [-0.3, -0.25) is 13.9 Å². The van der Waals surface area contributed by atoms with Crippen molar-refractivity contribution in [1.29, 1.82) is 0 Å². The molecule has 10 heteroatoms. The first-order valence-electron chi connectivity index (χ1n) is 12.1. The number of carbonyl (C=O) groups is 2. The van der Waals surface area contributed by atoms with E-state index >= 15 is 0 Å². The Bertz CT molecular complexity index is 1400. The SMILES string of the molecule is Cc1ccc(Cl)cc1N(CC(=O)N(Cc1cccc(Cl)c1)[C@@H](C)C(=O)NC(C)C)S(=O)(=O)c1ccccc1. The molecule has 0 radical (unpaired) electrons. The highest BCUT2D eigenvalue weighted by Crippen LogP contribution is 2.30. The van der Waals surface area contributed by atoms with Crippen LogP contribution in [0.15, 0.2) is 77.7 Å². The van der Waals surface area contributed by atoms with Gasteiger partial charge in [-0.2, -0.15) is 0 Å². The van der Waals surface area contributed by atoms with Crippen molar-refractivity contribution in [3.63, 3.8) is 0 Å². The molecule has 0 fully saturated rings. The molecule has 0 aliphatic heterocycles. The Kier molecular flexibility index (Phi) is 9.82. The number of benzene rings is 3.